The molecule has 1 aliphatic heterocycles. The highest BCUT2D eigenvalue weighted by Crippen LogP contribution is 2.35. The molecule has 2 heterocycles. The van der Waals surface area contributed by atoms with Gasteiger partial charge in [0.05, 0.1) is 13.7 Å². The van der Waals surface area contributed by atoms with Crippen molar-refractivity contribution in [2.75, 3.05) is 33.4 Å². The molecule has 0 atom stereocenters. The number of ether oxygens (including phenoxy) is 2. The lowest BCUT2D eigenvalue weighted by Gasteiger charge is -2.38. The Bertz CT molecular complexity index is 764. The number of aryl methyl sites for hydroxylation is 1. The van der Waals surface area contributed by atoms with Crippen LogP contribution in [0.25, 0.3) is 0 Å². The number of rotatable bonds is 7. The molecular weight excluding hydrogens is 370 g/mol. The van der Waals surface area contributed by atoms with E-state index in [0.29, 0.717) is 6.54 Å². The maximum Gasteiger partial charge on any atom is 0.191 e. The number of methoxy groups -OCH3 is 1. The van der Waals surface area contributed by atoms with Crippen molar-refractivity contribution in [3.05, 3.63) is 51.7 Å². The fourth-order valence-electron chi connectivity index (χ4n) is 3.60. The molecule has 1 fully saturated rings. The van der Waals surface area contributed by atoms with E-state index >= 15 is 0 Å². The zero-order valence-electron chi connectivity index (χ0n) is 17.1. The van der Waals surface area contributed by atoms with E-state index in [2.05, 4.69) is 48.7 Å². The molecule has 28 heavy (non-hydrogen) atoms. The quantitative estimate of drug-likeness (QED) is 0.546. The summed E-state index contributed by atoms with van der Waals surface area (Å²) in [6.45, 7) is 8.18. The number of nitrogens with one attached hydrogen (secondary N) is 2. The SMILES string of the molecule is CCNC(=NCc1ccc(C)s1)NCC1(c2ccc(OC)cc2)CCOCC1. The van der Waals surface area contributed by atoms with E-state index in [-0.39, 0.29) is 5.41 Å². The molecule has 0 aliphatic carbocycles. The Labute approximate surface area is 172 Å². The van der Waals surface area contributed by atoms with Gasteiger partial charge in [-0.15, -0.1) is 11.3 Å². The molecule has 1 saturated heterocycles. The van der Waals surface area contributed by atoms with Gasteiger partial charge in [0.1, 0.15) is 5.75 Å². The predicted molar refractivity (Wildman–Crippen MR) is 117 cm³/mol. The van der Waals surface area contributed by atoms with Crippen molar-refractivity contribution in [1.82, 2.24) is 10.6 Å². The molecule has 2 N–H and O–H groups in total. The van der Waals surface area contributed by atoms with Gasteiger partial charge in [0.2, 0.25) is 0 Å². The molecule has 0 saturated carbocycles. The summed E-state index contributed by atoms with van der Waals surface area (Å²) in [5, 5.41) is 6.97. The zero-order chi connectivity index (χ0) is 19.8. The Kier molecular flexibility index (Phi) is 7.34. The minimum atomic E-state index is 0.0419. The first kappa shape index (κ1) is 20.7. The molecule has 0 bridgehead atoms. The van der Waals surface area contributed by atoms with Crippen LogP contribution in [0.5, 0.6) is 5.75 Å². The first-order valence-electron chi connectivity index (χ1n) is 9.95. The van der Waals surface area contributed by atoms with Crippen LogP contribution in [-0.2, 0) is 16.7 Å². The van der Waals surface area contributed by atoms with Gasteiger partial charge in [-0.05, 0) is 56.5 Å². The second kappa shape index (κ2) is 9.94. The minimum Gasteiger partial charge on any atom is -0.497 e. The Hall–Kier alpha value is -2.05. The van der Waals surface area contributed by atoms with E-state index in [1.54, 1.807) is 18.4 Å². The largest absolute Gasteiger partial charge is 0.497 e. The van der Waals surface area contributed by atoms with Crippen LogP contribution in [-0.4, -0.2) is 39.4 Å². The summed E-state index contributed by atoms with van der Waals surface area (Å²) in [5.41, 5.74) is 1.37. The fraction of sp³-hybridized carbons (Fsp3) is 0.500. The van der Waals surface area contributed by atoms with Crippen molar-refractivity contribution in [2.45, 2.75) is 38.6 Å². The number of nitrogens with zero attached hydrogens (tertiary/aromatic N) is 1. The molecule has 0 amide bonds. The topological polar surface area (TPSA) is 54.9 Å². The summed E-state index contributed by atoms with van der Waals surface area (Å²) in [5.74, 6) is 1.76. The maximum atomic E-state index is 5.66. The summed E-state index contributed by atoms with van der Waals surface area (Å²) >= 11 is 1.80. The van der Waals surface area contributed by atoms with Crippen LogP contribution in [0.1, 0.15) is 35.1 Å². The lowest BCUT2D eigenvalue weighted by molar-refractivity contribution is 0.0513. The van der Waals surface area contributed by atoms with Gasteiger partial charge in [0, 0.05) is 41.5 Å². The lowest BCUT2D eigenvalue weighted by atomic mass is 9.74. The van der Waals surface area contributed by atoms with Crippen molar-refractivity contribution < 1.29 is 9.47 Å². The highest BCUT2D eigenvalue weighted by molar-refractivity contribution is 7.11. The van der Waals surface area contributed by atoms with Gasteiger partial charge in [-0.25, -0.2) is 4.99 Å². The van der Waals surface area contributed by atoms with Crippen molar-refractivity contribution >= 4 is 17.3 Å². The molecule has 0 radical (unpaired) electrons. The molecular formula is C22H31N3O2S. The summed E-state index contributed by atoms with van der Waals surface area (Å²) in [6, 6.07) is 12.8. The van der Waals surface area contributed by atoms with E-state index in [1.165, 1.54) is 15.3 Å². The van der Waals surface area contributed by atoms with Gasteiger partial charge < -0.3 is 20.1 Å². The minimum absolute atomic E-state index is 0.0419. The van der Waals surface area contributed by atoms with Crippen LogP contribution in [0.2, 0.25) is 0 Å². The predicted octanol–water partition coefficient (Wildman–Crippen LogP) is 3.87. The molecule has 3 rings (SSSR count). The van der Waals surface area contributed by atoms with E-state index in [1.807, 2.05) is 12.1 Å². The van der Waals surface area contributed by atoms with Gasteiger partial charge in [-0.2, -0.15) is 0 Å². The third-order valence-corrected chi connectivity index (χ3v) is 6.27. The summed E-state index contributed by atoms with van der Waals surface area (Å²) < 4.78 is 11.0. The van der Waals surface area contributed by atoms with Gasteiger partial charge in [-0.3, -0.25) is 0 Å². The average Bonchev–Trinajstić information content (AvgIpc) is 3.16. The molecule has 152 valence electrons. The van der Waals surface area contributed by atoms with Crippen LogP contribution in [0.15, 0.2) is 41.4 Å². The third-order valence-electron chi connectivity index (χ3n) is 5.28. The Morgan fingerprint density at radius 1 is 1.14 bits per heavy atom. The molecule has 1 aromatic heterocycles. The van der Waals surface area contributed by atoms with E-state index in [0.717, 1.165) is 50.9 Å². The first-order chi connectivity index (χ1) is 13.6. The molecule has 1 aromatic carbocycles. The van der Waals surface area contributed by atoms with Crippen LogP contribution in [0, 0.1) is 6.92 Å². The zero-order valence-corrected chi connectivity index (χ0v) is 17.9. The maximum absolute atomic E-state index is 5.66. The third kappa shape index (κ3) is 5.26. The number of aliphatic imine (C=N–C) groups is 1. The second-order valence-corrected chi connectivity index (χ2v) is 8.55. The van der Waals surface area contributed by atoms with Gasteiger partial charge in [-0.1, -0.05) is 12.1 Å². The molecule has 6 heteroatoms. The Morgan fingerprint density at radius 2 is 1.89 bits per heavy atom. The van der Waals surface area contributed by atoms with E-state index < -0.39 is 0 Å². The highest BCUT2D eigenvalue weighted by Gasteiger charge is 2.34. The fourth-order valence-corrected chi connectivity index (χ4v) is 4.41. The monoisotopic (exact) mass is 401 g/mol. The number of guanidine groups is 1. The van der Waals surface area contributed by atoms with E-state index in [9.17, 15) is 0 Å². The Balaban J connectivity index is 1.73. The van der Waals surface area contributed by atoms with Crippen molar-refractivity contribution in [2.24, 2.45) is 4.99 Å². The molecule has 0 spiro atoms. The van der Waals surface area contributed by atoms with Gasteiger partial charge in [0.25, 0.3) is 0 Å². The summed E-state index contributed by atoms with van der Waals surface area (Å²) in [4.78, 5) is 7.39. The molecule has 2 aromatic rings. The molecule has 5 nitrogen and oxygen atoms in total. The van der Waals surface area contributed by atoms with E-state index in [4.69, 9.17) is 14.5 Å². The van der Waals surface area contributed by atoms with Crippen molar-refractivity contribution in [1.29, 1.82) is 0 Å². The van der Waals surface area contributed by atoms with Crippen LogP contribution >= 0.6 is 11.3 Å². The second-order valence-electron chi connectivity index (χ2n) is 7.18. The van der Waals surface area contributed by atoms with Crippen LogP contribution < -0.4 is 15.4 Å². The number of benzene rings is 1. The standard InChI is InChI=1S/C22H31N3O2S/c1-4-23-21(24-15-20-10-5-17(2)28-20)25-16-22(11-13-27-14-12-22)18-6-8-19(26-3)9-7-18/h5-10H,4,11-16H2,1-3H3,(H2,23,24,25). The Morgan fingerprint density at radius 3 is 2.50 bits per heavy atom. The summed E-state index contributed by atoms with van der Waals surface area (Å²) in [6.07, 6.45) is 1.99. The summed E-state index contributed by atoms with van der Waals surface area (Å²) in [7, 11) is 1.70. The van der Waals surface area contributed by atoms with Gasteiger partial charge >= 0.3 is 0 Å². The molecule has 1 aliphatic rings. The highest BCUT2D eigenvalue weighted by atomic mass is 32.1. The van der Waals surface area contributed by atoms with Gasteiger partial charge in [0.15, 0.2) is 5.96 Å². The smallest absolute Gasteiger partial charge is 0.191 e. The van der Waals surface area contributed by atoms with Crippen LogP contribution in [0.4, 0.5) is 0 Å². The first-order valence-corrected chi connectivity index (χ1v) is 10.8. The normalized spacial score (nSPS) is 16.6. The van der Waals surface area contributed by atoms with Crippen molar-refractivity contribution in [3.63, 3.8) is 0 Å². The average molecular weight is 402 g/mol. The number of hydrogen-bond donors (Lipinski definition) is 2. The lowest BCUT2D eigenvalue weighted by Crippen LogP contribution is -2.48. The van der Waals surface area contributed by atoms with Crippen LogP contribution in [0.3, 0.4) is 0 Å². The van der Waals surface area contributed by atoms with Crippen molar-refractivity contribution in [3.8, 4) is 5.75 Å². The molecule has 0 unspecified atom stereocenters. The number of hydrogen-bond acceptors (Lipinski definition) is 4. The number of thiophene rings is 1.